The van der Waals surface area contributed by atoms with Gasteiger partial charge in [0.15, 0.2) is 25.5 Å². The molecule has 0 aliphatic rings. The minimum atomic E-state index is -3.88. The van der Waals surface area contributed by atoms with Crippen molar-refractivity contribution in [2.45, 2.75) is 17.9 Å². The summed E-state index contributed by atoms with van der Waals surface area (Å²) in [7, 11) is -7.76. The monoisotopic (exact) mass is 835 g/mol. The first-order valence-electron chi connectivity index (χ1n) is 18.5. The maximum atomic E-state index is 13.7. The van der Waals surface area contributed by atoms with Crippen molar-refractivity contribution in [2.75, 3.05) is 97.3 Å². The molecule has 0 heterocycles. The third-order valence-electron chi connectivity index (χ3n) is 8.02. The third kappa shape index (κ3) is 21.3. The Morgan fingerprint density at radius 3 is 1.28 bits per heavy atom. The number of nitrogens with one attached hydrogen (secondary N) is 1. The number of sulfone groups is 2. The van der Waals surface area contributed by atoms with E-state index in [-0.39, 0.29) is 48.8 Å². The summed E-state index contributed by atoms with van der Waals surface area (Å²) < 4.78 is 85.1. The first-order valence-corrected chi connectivity index (χ1v) is 22.2. The fraction of sp³-hybridized carbons (Fsp3) is 0.475. The number of benzene rings is 3. The highest BCUT2D eigenvalue weighted by molar-refractivity contribution is 7.91. The molecular formula is C40H53NO14S2. The van der Waals surface area contributed by atoms with Gasteiger partial charge in [0.25, 0.3) is 5.91 Å². The van der Waals surface area contributed by atoms with Gasteiger partial charge in [-0.25, -0.2) is 16.8 Å². The number of rotatable bonds is 32. The van der Waals surface area contributed by atoms with Gasteiger partial charge >= 0.3 is 5.97 Å². The number of carboxylic acid groups (broad SMARTS) is 1. The van der Waals surface area contributed by atoms with E-state index >= 15 is 0 Å². The molecule has 17 heteroatoms. The van der Waals surface area contributed by atoms with E-state index in [1.807, 2.05) is 0 Å². The van der Waals surface area contributed by atoms with Crippen LogP contribution in [0.3, 0.4) is 0 Å². The van der Waals surface area contributed by atoms with Crippen molar-refractivity contribution in [3.05, 3.63) is 107 Å². The molecule has 3 aromatic rings. The van der Waals surface area contributed by atoms with Gasteiger partial charge in [-0.2, -0.15) is 0 Å². The highest BCUT2D eigenvalue weighted by atomic mass is 32.2. The quantitative estimate of drug-likeness (QED) is 0.0685. The Hall–Kier alpha value is -4.07. The molecule has 3 rings (SSSR count). The van der Waals surface area contributed by atoms with E-state index in [2.05, 4.69) is 5.32 Å². The molecule has 57 heavy (non-hydrogen) atoms. The molecule has 0 atom stereocenters. The fourth-order valence-corrected chi connectivity index (χ4v) is 8.86. The molecular weight excluding hydrogens is 783 g/mol. The summed E-state index contributed by atoms with van der Waals surface area (Å²) in [5.74, 6) is -5.27. The number of carbonyl (C=O) groups is 3. The molecule has 314 valence electrons. The van der Waals surface area contributed by atoms with Crippen molar-refractivity contribution in [1.82, 2.24) is 5.32 Å². The normalized spacial score (nSPS) is 11.8. The number of amides is 1. The Balaban J connectivity index is 1.32. The lowest BCUT2D eigenvalue weighted by Crippen LogP contribution is -2.32. The van der Waals surface area contributed by atoms with E-state index in [9.17, 15) is 31.2 Å². The van der Waals surface area contributed by atoms with E-state index < -0.39 is 54.8 Å². The molecule has 0 radical (unpaired) electrons. The van der Waals surface area contributed by atoms with Gasteiger partial charge in [-0.05, 0) is 23.3 Å². The zero-order chi connectivity index (χ0) is 41.2. The molecule has 0 unspecified atom stereocenters. The zero-order valence-corrected chi connectivity index (χ0v) is 33.6. The van der Waals surface area contributed by atoms with Gasteiger partial charge in [0.2, 0.25) is 0 Å². The van der Waals surface area contributed by atoms with Crippen LogP contribution in [0.1, 0.15) is 38.3 Å². The lowest BCUT2D eigenvalue weighted by atomic mass is 9.99. The van der Waals surface area contributed by atoms with Gasteiger partial charge in [0, 0.05) is 17.7 Å². The smallest absolute Gasteiger partial charge is 0.305 e. The van der Waals surface area contributed by atoms with Gasteiger partial charge < -0.3 is 38.8 Å². The van der Waals surface area contributed by atoms with Crippen LogP contribution in [0.15, 0.2) is 84.9 Å². The van der Waals surface area contributed by atoms with Gasteiger partial charge in [0.05, 0.1) is 115 Å². The van der Waals surface area contributed by atoms with Gasteiger partial charge in [-0.15, -0.1) is 0 Å². The van der Waals surface area contributed by atoms with Crippen LogP contribution in [0, 0.1) is 5.92 Å². The summed E-state index contributed by atoms with van der Waals surface area (Å²) >= 11 is 0. The number of ketones is 1. The molecule has 0 fully saturated rings. The van der Waals surface area contributed by atoms with Crippen molar-refractivity contribution in [2.24, 2.45) is 5.92 Å². The highest BCUT2D eigenvalue weighted by Gasteiger charge is 2.31. The molecule has 15 nitrogen and oxygen atoms in total. The summed E-state index contributed by atoms with van der Waals surface area (Å²) in [6.07, 6.45) is -0.0344. The van der Waals surface area contributed by atoms with Crippen molar-refractivity contribution < 1.29 is 64.7 Å². The average molecular weight is 836 g/mol. The highest BCUT2D eigenvalue weighted by Crippen LogP contribution is 2.20. The van der Waals surface area contributed by atoms with Crippen LogP contribution in [0.4, 0.5) is 0 Å². The summed E-state index contributed by atoms with van der Waals surface area (Å²) in [6.45, 7) is 4.30. The molecule has 0 aliphatic carbocycles. The predicted molar refractivity (Wildman–Crippen MR) is 212 cm³/mol. The largest absolute Gasteiger partial charge is 0.481 e. The van der Waals surface area contributed by atoms with Crippen LogP contribution in [0.2, 0.25) is 0 Å². The van der Waals surface area contributed by atoms with Crippen LogP contribution >= 0.6 is 0 Å². The van der Waals surface area contributed by atoms with E-state index in [4.69, 9.17) is 33.5 Å². The number of hydrogen-bond donors (Lipinski definition) is 2. The van der Waals surface area contributed by atoms with Crippen LogP contribution < -0.4 is 5.32 Å². The van der Waals surface area contributed by atoms with Crippen LogP contribution in [-0.2, 0) is 64.4 Å². The Morgan fingerprint density at radius 1 is 0.509 bits per heavy atom. The Kier molecular flexibility index (Phi) is 22.2. The molecule has 0 aliphatic heterocycles. The minimum Gasteiger partial charge on any atom is -0.481 e. The molecule has 0 saturated carbocycles. The lowest BCUT2D eigenvalue weighted by Gasteiger charge is -2.17. The first kappa shape index (κ1) is 47.3. The first-order chi connectivity index (χ1) is 27.4. The van der Waals surface area contributed by atoms with E-state index in [1.54, 1.807) is 60.7 Å². The van der Waals surface area contributed by atoms with Crippen LogP contribution in [0.5, 0.6) is 0 Å². The summed E-state index contributed by atoms with van der Waals surface area (Å²) in [5, 5.41) is 11.2. The number of Topliss-reactive ketones (excluding diaryl/α,β-unsaturated/α-hetero) is 1. The SMILES string of the molecule is O=C(O)CCOCCOCCOCCOCCOCCOCCNC(=O)c1ccc(C(=O)C(CS(=O)(=O)Cc2ccccc2)CS(=O)(=O)Cc2ccccc2)cc1. The fourth-order valence-electron chi connectivity index (χ4n) is 5.31. The summed E-state index contributed by atoms with van der Waals surface area (Å²) in [6, 6.07) is 22.6. The number of carboxylic acids is 1. The predicted octanol–water partition coefficient (Wildman–Crippen LogP) is 3.02. The molecule has 1 amide bonds. The van der Waals surface area contributed by atoms with E-state index in [0.717, 1.165) is 0 Å². The molecule has 3 aromatic carbocycles. The van der Waals surface area contributed by atoms with Gasteiger partial charge in [-0.1, -0.05) is 72.8 Å². The van der Waals surface area contributed by atoms with Crippen molar-refractivity contribution in [1.29, 1.82) is 0 Å². The number of ether oxygens (including phenoxy) is 6. The van der Waals surface area contributed by atoms with Gasteiger partial charge in [-0.3, -0.25) is 14.4 Å². The van der Waals surface area contributed by atoms with Crippen LogP contribution in [0.25, 0.3) is 0 Å². The van der Waals surface area contributed by atoms with Crippen LogP contribution in [-0.4, -0.2) is 137 Å². The third-order valence-corrected chi connectivity index (χ3v) is 11.4. The molecule has 0 saturated heterocycles. The van der Waals surface area contributed by atoms with E-state index in [1.165, 1.54) is 24.3 Å². The Labute approximate surface area is 334 Å². The lowest BCUT2D eigenvalue weighted by molar-refractivity contribution is -0.138. The number of hydrogen-bond acceptors (Lipinski definition) is 13. The summed E-state index contributed by atoms with van der Waals surface area (Å²) in [4.78, 5) is 36.8. The second-order valence-corrected chi connectivity index (χ2v) is 17.0. The average Bonchev–Trinajstić information content (AvgIpc) is 3.18. The number of carbonyl (C=O) groups excluding carboxylic acids is 2. The maximum Gasteiger partial charge on any atom is 0.305 e. The maximum absolute atomic E-state index is 13.7. The molecule has 0 spiro atoms. The molecule has 0 aromatic heterocycles. The molecule has 2 N–H and O–H groups in total. The zero-order valence-electron chi connectivity index (χ0n) is 32.0. The topological polar surface area (TPSA) is 207 Å². The van der Waals surface area contributed by atoms with Gasteiger partial charge in [0.1, 0.15) is 0 Å². The standard InChI is InChI=1S/C40H53NO14S2/c42-38(43)15-17-50-19-21-52-23-25-54-27-28-55-26-24-53-22-20-51-18-16-41-40(45)36-13-11-35(12-14-36)39(44)37(31-56(46,47)29-33-7-3-1-4-8-33)32-57(48,49)30-34-9-5-2-6-10-34/h1-14,37H,15-32H2,(H,41,45)(H,42,43). The van der Waals surface area contributed by atoms with Crippen molar-refractivity contribution in [3.8, 4) is 0 Å². The van der Waals surface area contributed by atoms with Crippen molar-refractivity contribution >= 4 is 37.3 Å². The Morgan fingerprint density at radius 2 is 0.877 bits per heavy atom. The summed E-state index contributed by atoms with van der Waals surface area (Å²) in [5.41, 5.74) is 1.42. The van der Waals surface area contributed by atoms with E-state index in [0.29, 0.717) is 77.2 Å². The minimum absolute atomic E-state index is 0.0344. The second-order valence-electron chi connectivity index (χ2n) is 12.8. The molecule has 0 bridgehead atoms. The van der Waals surface area contributed by atoms with Crippen molar-refractivity contribution in [3.63, 3.8) is 0 Å². The number of aliphatic carboxylic acids is 1. The Bertz CT molecular complexity index is 1750. The second kappa shape index (κ2) is 26.8.